The Morgan fingerprint density at radius 2 is 1.94 bits per heavy atom. The van der Waals surface area contributed by atoms with Crippen molar-refractivity contribution in [2.24, 2.45) is 0 Å². The molecule has 4 heteroatoms. The van der Waals surface area contributed by atoms with Gasteiger partial charge in [-0.1, -0.05) is 25.0 Å². The highest BCUT2D eigenvalue weighted by molar-refractivity contribution is 7.99. The molecule has 1 saturated carbocycles. The molecule has 0 atom stereocenters. The van der Waals surface area contributed by atoms with Crippen molar-refractivity contribution >= 4 is 23.4 Å². The average Bonchev–Trinajstić information content (AvgIpc) is 2.84. The van der Waals surface area contributed by atoms with E-state index in [9.17, 15) is 4.79 Å². The van der Waals surface area contributed by atoms with Gasteiger partial charge in [0, 0.05) is 17.5 Å². The number of nitrogens with one attached hydrogen (secondary N) is 1. The first-order valence-electron chi connectivity index (χ1n) is 6.45. The summed E-state index contributed by atoms with van der Waals surface area (Å²) in [6.07, 6.45) is 4.80. The van der Waals surface area contributed by atoms with E-state index in [4.69, 9.17) is 5.73 Å². The van der Waals surface area contributed by atoms with Crippen molar-refractivity contribution in [2.45, 2.75) is 37.5 Å². The number of carbonyl (C=O) groups excluding carboxylic acids is 1. The molecule has 1 fully saturated rings. The Morgan fingerprint density at radius 3 is 2.61 bits per heavy atom. The summed E-state index contributed by atoms with van der Waals surface area (Å²) in [6, 6.07) is 8.24. The number of thioether (sulfide) groups is 1. The van der Waals surface area contributed by atoms with Crippen LogP contribution in [0.2, 0.25) is 0 Å². The van der Waals surface area contributed by atoms with Gasteiger partial charge in [-0.05, 0) is 30.5 Å². The van der Waals surface area contributed by atoms with Crippen LogP contribution in [0.5, 0.6) is 0 Å². The number of nitrogen functional groups attached to an aromatic ring is 1. The van der Waals surface area contributed by atoms with Crippen LogP contribution < -0.4 is 11.1 Å². The normalized spacial score (nSPS) is 15.8. The minimum atomic E-state index is 0.169. The van der Waals surface area contributed by atoms with Crippen molar-refractivity contribution in [2.75, 3.05) is 11.5 Å². The molecule has 2 rings (SSSR count). The Labute approximate surface area is 113 Å². The zero-order valence-electron chi connectivity index (χ0n) is 10.5. The maximum Gasteiger partial charge on any atom is 0.230 e. The average molecular weight is 264 g/mol. The Hall–Kier alpha value is -1.16. The highest BCUT2D eigenvalue weighted by Gasteiger charge is 2.16. The molecule has 0 spiro atoms. The zero-order valence-corrected chi connectivity index (χ0v) is 11.3. The molecule has 18 heavy (non-hydrogen) atoms. The van der Waals surface area contributed by atoms with E-state index in [1.165, 1.54) is 18.4 Å². The molecule has 0 bridgehead atoms. The Kier molecular flexibility index (Phi) is 4.93. The quantitative estimate of drug-likeness (QED) is 0.804. The van der Waals surface area contributed by atoms with Crippen molar-refractivity contribution in [1.82, 2.24) is 5.32 Å². The van der Waals surface area contributed by atoms with E-state index >= 15 is 0 Å². The third-order valence-electron chi connectivity index (χ3n) is 3.20. The number of anilines is 1. The minimum absolute atomic E-state index is 0.169. The van der Waals surface area contributed by atoms with Crippen molar-refractivity contribution in [3.63, 3.8) is 0 Å². The molecule has 0 radical (unpaired) electrons. The number of rotatable bonds is 5. The molecular formula is C14H20N2OS. The molecule has 98 valence electrons. The predicted octanol–water partition coefficient (Wildman–Crippen LogP) is 2.56. The summed E-state index contributed by atoms with van der Waals surface area (Å²) >= 11 is 1.65. The van der Waals surface area contributed by atoms with E-state index in [-0.39, 0.29) is 5.91 Å². The fourth-order valence-corrected chi connectivity index (χ4v) is 3.01. The Balaban J connectivity index is 1.65. The molecule has 1 aromatic rings. The summed E-state index contributed by atoms with van der Waals surface area (Å²) in [5.41, 5.74) is 7.62. The van der Waals surface area contributed by atoms with E-state index < -0.39 is 0 Å². The molecular weight excluding hydrogens is 244 g/mol. The second-order valence-corrected chi connectivity index (χ2v) is 5.77. The maximum absolute atomic E-state index is 11.7. The molecule has 0 saturated heterocycles. The highest BCUT2D eigenvalue weighted by Crippen LogP contribution is 2.18. The second-order valence-electron chi connectivity index (χ2n) is 4.78. The van der Waals surface area contributed by atoms with Gasteiger partial charge in [0.2, 0.25) is 5.91 Å². The van der Waals surface area contributed by atoms with Crippen LogP contribution in [0.1, 0.15) is 31.2 Å². The monoisotopic (exact) mass is 264 g/mol. The van der Waals surface area contributed by atoms with Crippen molar-refractivity contribution in [1.29, 1.82) is 0 Å². The highest BCUT2D eigenvalue weighted by atomic mass is 32.2. The van der Waals surface area contributed by atoms with Crippen molar-refractivity contribution in [3.05, 3.63) is 29.8 Å². The first-order valence-corrected chi connectivity index (χ1v) is 7.61. The standard InChI is InChI=1S/C14H20N2OS/c15-12-7-5-11(6-8-12)9-18-10-14(17)16-13-3-1-2-4-13/h5-8,13H,1-4,9-10,15H2,(H,16,17). The molecule has 1 aliphatic carbocycles. The lowest BCUT2D eigenvalue weighted by atomic mass is 10.2. The molecule has 1 aliphatic rings. The van der Waals surface area contributed by atoms with Gasteiger partial charge in [0.05, 0.1) is 5.75 Å². The van der Waals surface area contributed by atoms with E-state index in [0.717, 1.165) is 24.3 Å². The molecule has 0 heterocycles. The molecule has 0 aliphatic heterocycles. The predicted molar refractivity (Wildman–Crippen MR) is 77.4 cm³/mol. The third kappa shape index (κ3) is 4.26. The van der Waals surface area contributed by atoms with Crippen LogP contribution in [0.3, 0.4) is 0 Å². The molecule has 3 N–H and O–H groups in total. The molecule has 0 aromatic heterocycles. The number of hydrogen-bond acceptors (Lipinski definition) is 3. The molecule has 1 aromatic carbocycles. The van der Waals surface area contributed by atoms with Crippen LogP contribution in [0.15, 0.2) is 24.3 Å². The number of carbonyl (C=O) groups is 1. The maximum atomic E-state index is 11.7. The Morgan fingerprint density at radius 1 is 1.28 bits per heavy atom. The number of hydrogen-bond donors (Lipinski definition) is 2. The van der Waals surface area contributed by atoms with Crippen molar-refractivity contribution < 1.29 is 4.79 Å². The lowest BCUT2D eigenvalue weighted by Gasteiger charge is -2.11. The summed E-state index contributed by atoms with van der Waals surface area (Å²) in [4.78, 5) is 11.7. The first-order chi connectivity index (χ1) is 8.74. The minimum Gasteiger partial charge on any atom is -0.399 e. The summed E-state index contributed by atoms with van der Waals surface area (Å²) < 4.78 is 0. The van der Waals surface area contributed by atoms with Gasteiger partial charge >= 0.3 is 0 Å². The Bertz CT molecular complexity index is 385. The summed E-state index contributed by atoms with van der Waals surface area (Å²) in [5, 5.41) is 3.09. The van der Waals surface area contributed by atoms with Crippen LogP contribution in [-0.2, 0) is 10.5 Å². The number of amides is 1. The van der Waals surface area contributed by atoms with Gasteiger partial charge in [0.15, 0.2) is 0 Å². The first kappa shape index (κ1) is 13.3. The van der Waals surface area contributed by atoms with Crippen LogP contribution in [-0.4, -0.2) is 17.7 Å². The summed E-state index contributed by atoms with van der Waals surface area (Å²) in [6.45, 7) is 0. The fraction of sp³-hybridized carbons (Fsp3) is 0.500. The van der Waals surface area contributed by atoms with Gasteiger partial charge in [0.25, 0.3) is 0 Å². The van der Waals surface area contributed by atoms with Gasteiger partial charge in [-0.3, -0.25) is 4.79 Å². The van der Waals surface area contributed by atoms with Crippen molar-refractivity contribution in [3.8, 4) is 0 Å². The summed E-state index contributed by atoms with van der Waals surface area (Å²) in [5.74, 6) is 1.57. The second kappa shape index (κ2) is 6.69. The van der Waals surface area contributed by atoms with Gasteiger partial charge in [-0.2, -0.15) is 0 Å². The fourth-order valence-electron chi connectivity index (χ4n) is 2.21. The topological polar surface area (TPSA) is 55.1 Å². The van der Waals surface area contributed by atoms with Gasteiger partial charge in [-0.25, -0.2) is 0 Å². The molecule has 0 unspecified atom stereocenters. The third-order valence-corrected chi connectivity index (χ3v) is 4.21. The lowest BCUT2D eigenvalue weighted by Crippen LogP contribution is -2.33. The van der Waals surface area contributed by atoms with Crippen LogP contribution in [0.4, 0.5) is 5.69 Å². The SMILES string of the molecule is Nc1ccc(CSCC(=O)NC2CCCC2)cc1. The van der Waals surface area contributed by atoms with Crippen LogP contribution >= 0.6 is 11.8 Å². The smallest absolute Gasteiger partial charge is 0.230 e. The largest absolute Gasteiger partial charge is 0.399 e. The van der Waals surface area contributed by atoms with E-state index in [1.807, 2.05) is 24.3 Å². The van der Waals surface area contributed by atoms with Gasteiger partial charge in [-0.15, -0.1) is 11.8 Å². The lowest BCUT2D eigenvalue weighted by molar-refractivity contribution is -0.119. The van der Waals surface area contributed by atoms with Crippen LogP contribution in [0, 0.1) is 0 Å². The zero-order chi connectivity index (χ0) is 12.8. The van der Waals surface area contributed by atoms with E-state index in [0.29, 0.717) is 11.8 Å². The summed E-state index contributed by atoms with van der Waals surface area (Å²) in [7, 11) is 0. The number of benzene rings is 1. The number of nitrogens with two attached hydrogens (primary N) is 1. The van der Waals surface area contributed by atoms with Gasteiger partial charge < -0.3 is 11.1 Å². The molecule has 3 nitrogen and oxygen atoms in total. The van der Waals surface area contributed by atoms with E-state index in [2.05, 4.69) is 5.32 Å². The molecule has 1 amide bonds. The van der Waals surface area contributed by atoms with Crippen LogP contribution in [0.25, 0.3) is 0 Å². The van der Waals surface area contributed by atoms with Gasteiger partial charge in [0.1, 0.15) is 0 Å². The van der Waals surface area contributed by atoms with E-state index in [1.54, 1.807) is 11.8 Å².